The normalized spacial score (nSPS) is 17.1. The maximum absolute atomic E-state index is 12.7. The summed E-state index contributed by atoms with van der Waals surface area (Å²) in [4.78, 5) is 16.1. The molecule has 2 aliphatic heterocycles. The molecular formula is C18H20N2O3S. The molecule has 1 atom stereocenters. The molecule has 1 aromatic carbocycles. The molecule has 0 bridgehead atoms. The van der Waals surface area contributed by atoms with E-state index in [2.05, 4.69) is 16.8 Å². The maximum atomic E-state index is 12.7. The van der Waals surface area contributed by atoms with Crippen LogP contribution in [-0.4, -0.2) is 36.6 Å². The lowest BCUT2D eigenvalue weighted by Gasteiger charge is -2.30. The Labute approximate surface area is 145 Å². The van der Waals surface area contributed by atoms with Crippen LogP contribution < -0.4 is 14.8 Å². The zero-order valence-corrected chi connectivity index (χ0v) is 14.4. The van der Waals surface area contributed by atoms with E-state index in [0.717, 1.165) is 30.2 Å². The summed E-state index contributed by atoms with van der Waals surface area (Å²) in [6.07, 6.45) is 0.954. The molecule has 6 heteroatoms. The summed E-state index contributed by atoms with van der Waals surface area (Å²) >= 11 is 1.78. The Balaban J connectivity index is 1.42. The summed E-state index contributed by atoms with van der Waals surface area (Å²) in [5.41, 5.74) is 2.15. The summed E-state index contributed by atoms with van der Waals surface area (Å²) in [5.74, 6) is 1.61. The molecule has 0 radical (unpaired) electrons. The molecule has 0 saturated heterocycles. The van der Waals surface area contributed by atoms with Crippen LogP contribution in [0.4, 0.5) is 5.69 Å². The first-order valence-electron chi connectivity index (χ1n) is 8.21. The van der Waals surface area contributed by atoms with Crippen LogP contribution in [-0.2, 0) is 17.8 Å². The molecule has 0 unspecified atom stereocenters. The van der Waals surface area contributed by atoms with Gasteiger partial charge >= 0.3 is 0 Å². The summed E-state index contributed by atoms with van der Waals surface area (Å²) < 4.78 is 11.1. The lowest BCUT2D eigenvalue weighted by Crippen LogP contribution is -2.43. The number of hydrogen-bond acceptors (Lipinski definition) is 5. The number of nitrogens with zero attached hydrogens (tertiary/aromatic N) is 1. The highest BCUT2D eigenvalue weighted by Gasteiger charge is 2.25. The van der Waals surface area contributed by atoms with Crippen molar-refractivity contribution in [1.29, 1.82) is 0 Å². The highest BCUT2D eigenvalue weighted by Crippen LogP contribution is 2.33. The van der Waals surface area contributed by atoms with Crippen molar-refractivity contribution in [2.75, 3.05) is 25.1 Å². The predicted octanol–water partition coefficient (Wildman–Crippen LogP) is 2.90. The smallest absolute Gasteiger partial charge is 0.245 e. The minimum absolute atomic E-state index is 0.127. The van der Waals surface area contributed by atoms with Crippen LogP contribution in [0.25, 0.3) is 0 Å². The number of hydrogen-bond donors (Lipinski definition) is 1. The quantitative estimate of drug-likeness (QED) is 0.930. The highest BCUT2D eigenvalue weighted by molar-refractivity contribution is 7.10. The first kappa shape index (κ1) is 15.3. The van der Waals surface area contributed by atoms with E-state index in [1.54, 1.807) is 11.3 Å². The van der Waals surface area contributed by atoms with E-state index in [9.17, 15) is 4.79 Å². The summed E-state index contributed by atoms with van der Waals surface area (Å²) in [5, 5.41) is 5.39. The Hall–Kier alpha value is -2.21. The Morgan fingerprint density at radius 3 is 2.96 bits per heavy atom. The Morgan fingerprint density at radius 2 is 2.08 bits per heavy atom. The highest BCUT2D eigenvalue weighted by atomic mass is 32.1. The lowest BCUT2D eigenvalue weighted by molar-refractivity contribution is -0.132. The zero-order valence-electron chi connectivity index (χ0n) is 13.6. The second-order valence-electron chi connectivity index (χ2n) is 6.10. The number of nitrogens with one attached hydrogen (secondary N) is 1. The van der Waals surface area contributed by atoms with Gasteiger partial charge in [0.2, 0.25) is 5.91 Å². The van der Waals surface area contributed by atoms with Gasteiger partial charge < -0.3 is 19.7 Å². The van der Waals surface area contributed by atoms with Gasteiger partial charge in [0.05, 0.1) is 0 Å². The maximum Gasteiger partial charge on any atom is 0.245 e. The van der Waals surface area contributed by atoms with Gasteiger partial charge in [-0.3, -0.25) is 4.79 Å². The minimum atomic E-state index is -0.284. The fourth-order valence-electron chi connectivity index (χ4n) is 3.16. The summed E-state index contributed by atoms with van der Waals surface area (Å²) in [6.45, 7) is 4.54. The number of fused-ring (bicyclic) bond motifs is 2. The topological polar surface area (TPSA) is 50.8 Å². The number of rotatable bonds is 3. The number of carbonyl (C=O) groups is 1. The molecule has 0 spiro atoms. The van der Waals surface area contributed by atoms with Crippen molar-refractivity contribution in [3.8, 4) is 11.5 Å². The predicted molar refractivity (Wildman–Crippen MR) is 94.0 cm³/mol. The molecule has 1 aromatic heterocycles. The molecule has 1 N–H and O–H groups in total. The van der Waals surface area contributed by atoms with Gasteiger partial charge in [-0.05, 0) is 42.5 Å². The molecule has 4 rings (SSSR count). The molecule has 0 aliphatic carbocycles. The minimum Gasteiger partial charge on any atom is -0.486 e. The zero-order chi connectivity index (χ0) is 16.5. The van der Waals surface area contributed by atoms with Gasteiger partial charge in [0, 0.05) is 29.7 Å². The largest absolute Gasteiger partial charge is 0.486 e. The molecule has 24 heavy (non-hydrogen) atoms. The van der Waals surface area contributed by atoms with Gasteiger partial charge in [0.25, 0.3) is 0 Å². The second-order valence-corrected chi connectivity index (χ2v) is 7.10. The lowest BCUT2D eigenvalue weighted by atomic mass is 10.1. The Kier molecular flexibility index (Phi) is 4.06. The van der Waals surface area contributed by atoms with E-state index >= 15 is 0 Å². The third kappa shape index (κ3) is 2.94. The van der Waals surface area contributed by atoms with Crippen LogP contribution >= 0.6 is 11.3 Å². The van der Waals surface area contributed by atoms with Gasteiger partial charge in [-0.2, -0.15) is 0 Å². The molecule has 5 nitrogen and oxygen atoms in total. The van der Waals surface area contributed by atoms with E-state index in [1.807, 2.05) is 30.0 Å². The first-order chi connectivity index (χ1) is 11.7. The van der Waals surface area contributed by atoms with E-state index in [1.165, 1.54) is 10.4 Å². The fraction of sp³-hybridized carbons (Fsp3) is 0.389. The number of benzene rings is 1. The monoisotopic (exact) mass is 344 g/mol. The second kappa shape index (κ2) is 6.36. The molecule has 0 saturated carbocycles. The van der Waals surface area contributed by atoms with E-state index < -0.39 is 0 Å². The van der Waals surface area contributed by atoms with Crippen LogP contribution in [0.3, 0.4) is 0 Å². The van der Waals surface area contributed by atoms with Gasteiger partial charge in [0.15, 0.2) is 11.5 Å². The van der Waals surface area contributed by atoms with Gasteiger partial charge in [-0.1, -0.05) is 0 Å². The van der Waals surface area contributed by atoms with Crippen molar-refractivity contribution in [2.45, 2.75) is 25.9 Å². The molecule has 126 valence electrons. The van der Waals surface area contributed by atoms with Crippen molar-refractivity contribution < 1.29 is 14.3 Å². The number of amides is 1. The van der Waals surface area contributed by atoms with Crippen molar-refractivity contribution in [2.24, 2.45) is 0 Å². The van der Waals surface area contributed by atoms with Crippen molar-refractivity contribution >= 4 is 22.9 Å². The number of ether oxygens (including phenoxy) is 2. The molecule has 2 aromatic rings. The van der Waals surface area contributed by atoms with Crippen LogP contribution in [0.15, 0.2) is 29.6 Å². The standard InChI is InChI=1S/C18H20N2O3S/c1-12(18(21)20-6-4-17-13(11-20)5-9-24-17)19-14-2-3-15-16(10-14)23-8-7-22-15/h2-3,5,9-10,12,19H,4,6-8,11H2,1H3/t12-/m1/s1. The summed E-state index contributed by atoms with van der Waals surface area (Å²) in [7, 11) is 0. The van der Waals surface area contributed by atoms with E-state index in [4.69, 9.17) is 9.47 Å². The number of thiophene rings is 1. The fourth-order valence-corrected chi connectivity index (χ4v) is 4.04. The van der Waals surface area contributed by atoms with Crippen molar-refractivity contribution in [1.82, 2.24) is 4.90 Å². The molecule has 0 fully saturated rings. The Bertz CT molecular complexity index is 758. The van der Waals surface area contributed by atoms with Gasteiger partial charge in [-0.25, -0.2) is 0 Å². The van der Waals surface area contributed by atoms with Crippen LogP contribution in [0, 0.1) is 0 Å². The van der Waals surface area contributed by atoms with Gasteiger partial charge in [0.1, 0.15) is 19.3 Å². The number of carbonyl (C=O) groups excluding carboxylic acids is 1. The van der Waals surface area contributed by atoms with Crippen LogP contribution in [0.2, 0.25) is 0 Å². The third-order valence-corrected chi connectivity index (χ3v) is 5.44. The van der Waals surface area contributed by atoms with Crippen molar-refractivity contribution in [3.63, 3.8) is 0 Å². The first-order valence-corrected chi connectivity index (χ1v) is 9.09. The van der Waals surface area contributed by atoms with Crippen LogP contribution in [0.1, 0.15) is 17.4 Å². The Morgan fingerprint density at radius 1 is 1.25 bits per heavy atom. The van der Waals surface area contributed by atoms with E-state index in [0.29, 0.717) is 19.8 Å². The van der Waals surface area contributed by atoms with E-state index in [-0.39, 0.29) is 11.9 Å². The molecular weight excluding hydrogens is 324 g/mol. The molecule has 3 heterocycles. The van der Waals surface area contributed by atoms with Crippen molar-refractivity contribution in [3.05, 3.63) is 40.1 Å². The number of anilines is 1. The van der Waals surface area contributed by atoms with Gasteiger partial charge in [-0.15, -0.1) is 11.3 Å². The SMILES string of the molecule is C[C@@H](Nc1ccc2c(c1)OCCO2)C(=O)N1CCc2sccc2C1. The molecule has 2 aliphatic rings. The average Bonchev–Trinajstić information content (AvgIpc) is 3.08. The molecule has 1 amide bonds. The van der Waals surface area contributed by atoms with Crippen LogP contribution in [0.5, 0.6) is 11.5 Å². The average molecular weight is 344 g/mol. The summed E-state index contributed by atoms with van der Waals surface area (Å²) in [6, 6.07) is 7.54. The third-order valence-electron chi connectivity index (χ3n) is 4.42.